The Hall–Kier alpha value is -1.59. The van der Waals surface area contributed by atoms with Gasteiger partial charge in [-0.3, -0.25) is 0 Å². The first-order chi connectivity index (χ1) is 10.2. The Morgan fingerprint density at radius 1 is 1.27 bits per heavy atom. The number of alkyl halides is 3. The highest BCUT2D eigenvalue weighted by molar-refractivity contribution is 7.88. The van der Waals surface area contributed by atoms with Gasteiger partial charge in [0.1, 0.15) is 0 Å². The summed E-state index contributed by atoms with van der Waals surface area (Å²) < 4.78 is 63.8. The second kappa shape index (κ2) is 6.26. The quantitative estimate of drug-likeness (QED) is 0.855. The van der Waals surface area contributed by atoms with Gasteiger partial charge >= 0.3 is 6.18 Å². The topological polar surface area (TPSA) is 61.2 Å². The Morgan fingerprint density at radius 3 is 2.45 bits per heavy atom. The highest BCUT2D eigenvalue weighted by atomic mass is 32.2. The van der Waals surface area contributed by atoms with E-state index >= 15 is 0 Å². The number of benzene rings is 1. The summed E-state index contributed by atoms with van der Waals surface area (Å²) in [4.78, 5) is 0. The van der Waals surface area contributed by atoms with Gasteiger partial charge in [0, 0.05) is 13.1 Å². The van der Waals surface area contributed by atoms with Crippen LogP contribution >= 0.6 is 0 Å². The Labute approximate surface area is 127 Å². The van der Waals surface area contributed by atoms with E-state index in [9.17, 15) is 21.6 Å². The lowest BCUT2D eigenvalue weighted by atomic mass is 9.99. The second-order valence-corrected chi connectivity index (χ2v) is 7.27. The molecule has 1 aliphatic rings. The van der Waals surface area contributed by atoms with Crippen LogP contribution in [0.15, 0.2) is 24.3 Å². The van der Waals surface area contributed by atoms with E-state index in [0.29, 0.717) is 11.1 Å². The average molecular weight is 332 g/mol. The molecule has 0 N–H and O–H groups in total. The van der Waals surface area contributed by atoms with Crippen molar-refractivity contribution in [2.75, 3.05) is 13.1 Å². The van der Waals surface area contributed by atoms with Crippen LogP contribution in [0.1, 0.15) is 24.0 Å². The third kappa shape index (κ3) is 3.99. The lowest BCUT2D eigenvalue weighted by molar-refractivity contribution is -0.182. The van der Waals surface area contributed by atoms with Crippen LogP contribution in [0.5, 0.6) is 0 Å². The molecule has 0 unspecified atom stereocenters. The van der Waals surface area contributed by atoms with E-state index in [1.165, 1.54) is 24.3 Å². The van der Waals surface area contributed by atoms with Gasteiger partial charge in [0.15, 0.2) is 0 Å². The van der Waals surface area contributed by atoms with Crippen LogP contribution in [-0.2, 0) is 15.8 Å². The number of hydrogen-bond donors (Lipinski definition) is 0. The molecule has 0 spiro atoms. The van der Waals surface area contributed by atoms with Gasteiger partial charge in [-0.1, -0.05) is 12.1 Å². The summed E-state index contributed by atoms with van der Waals surface area (Å²) in [6.07, 6.45) is -4.20. The molecule has 1 aromatic carbocycles. The maximum atomic E-state index is 12.8. The van der Waals surface area contributed by atoms with Gasteiger partial charge < -0.3 is 0 Å². The fourth-order valence-electron chi connectivity index (χ4n) is 2.44. The molecule has 0 aromatic heterocycles. The van der Waals surface area contributed by atoms with Gasteiger partial charge in [-0.2, -0.15) is 18.4 Å². The zero-order valence-electron chi connectivity index (χ0n) is 11.7. The minimum atomic E-state index is -4.37. The zero-order chi connectivity index (χ0) is 16.4. The molecule has 0 radical (unpaired) electrons. The Balaban J connectivity index is 2.10. The van der Waals surface area contributed by atoms with Crippen LogP contribution in [0.2, 0.25) is 0 Å². The lowest BCUT2D eigenvalue weighted by Crippen LogP contribution is -2.44. The summed E-state index contributed by atoms with van der Waals surface area (Å²) in [5.41, 5.74) is 0.851. The molecular formula is C14H15F3N2O2S. The van der Waals surface area contributed by atoms with Crippen LogP contribution in [-0.4, -0.2) is 32.0 Å². The van der Waals surface area contributed by atoms with E-state index < -0.39 is 28.7 Å². The highest BCUT2D eigenvalue weighted by Crippen LogP contribution is 2.34. The smallest absolute Gasteiger partial charge is 0.212 e. The molecule has 1 fully saturated rings. The van der Waals surface area contributed by atoms with Gasteiger partial charge in [-0.25, -0.2) is 12.7 Å². The Morgan fingerprint density at radius 2 is 1.91 bits per heavy atom. The number of sulfonamides is 1. The van der Waals surface area contributed by atoms with Crippen molar-refractivity contribution in [1.29, 1.82) is 5.26 Å². The predicted octanol–water partition coefficient (Wildman–Crippen LogP) is 2.66. The van der Waals surface area contributed by atoms with Crippen molar-refractivity contribution in [1.82, 2.24) is 4.31 Å². The van der Waals surface area contributed by atoms with Crippen molar-refractivity contribution in [2.45, 2.75) is 24.8 Å². The van der Waals surface area contributed by atoms with E-state index in [2.05, 4.69) is 0 Å². The fourth-order valence-corrected chi connectivity index (χ4v) is 4.05. The SMILES string of the molecule is N#Cc1ccc(CS(=O)(=O)N2CCC[C@@H](C(F)(F)F)C2)cc1. The van der Waals surface area contributed by atoms with Gasteiger partial charge in [0.2, 0.25) is 10.0 Å². The largest absolute Gasteiger partial charge is 0.393 e. The minimum absolute atomic E-state index is 0.0353. The molecule has 2 rings (SSSR count). The molecule has 22 heavy (non-hydrogen) atoms. The number of piperidine rings is 1. The highest BCUT2D eigenvalue weighted by Gasteiger charge is 2.43. The number of nitriles is 1. The summed E-state index contributed by atoms with van der Waals surface area (Å²) in [6.45, 7) is -0.396. The zero-order valence-corrected chi connectivity index (χ0v) is 12.5. The van der Waals surface area contributed by atoms with Gasteiger partial charge in [-0.15, -0.1) is 0 Å². The maximum Gasteiger partial charge on any atom is 0.393 e. The van der Waals surface area contributed by atoms with Gasteiger partial charge in [-0.05, 0) is 30.5 Å². The number of halogens is 3. The maximum absolute atomic E-state index is 12.8. The summed E-state index contributed by atoms with van der Waals surface area (Å²) in [5, 5.41) is 8.69. The van der Waals surface area contributed by atoms with Crippen molar-refractivity contribution in [3.05, 3.63) is 35.4 Å². The second-order valence-electron chi connectivity index (χ2n) is 5.30. The van der Waals surface area contributed by atoms with Crippen LogP contribution in [0.3, 0.4) is 0 Å². The number of rotatable bonds is 3. The minimum Gasteiger partial charge on any atom is -0.212 e. The lowest BCUT2D eigenvalue weighted by Gasteiger charge is -2.32. The first kappa shape index (κ1) is 16.8. The van der Waals surface area contributed by atoms with Crippen molar-refractivity contribution in [3.63, 3.8) is 0 Å². The molecule has 4 nitrogen and oxygen atoms in total. The normalized spacial score (nSPS) is 20.5. The summed E-state index contributed by atoms with van der Waals surface area (Å²) >= 11 is 0. The molecule has 0 saturated carbocycles. The summed E-state index contributed by atoms with van der Waals surface area (Å²) in [6, 6.07) is 7.89. The van der Waals surface area contributed by atoms with E-state index in [1.807, 2.05) is 6.07 Å². The van der Waals surface area contributed by atoms with Crippen LogP contribution in [0, 0.1) is 17.2 Å². The van der Waals surface area contributed by atoms with Crippen molar-refractivity contribution >= 4 is 10.0 Å². The molecule has 1 saturated heterocycles. The van der Waals surface area contributed by atoms with Crippen molar-refractivity contribution in [2.24, 2.45) is 5.92 Å². The van der Waals surface area contributed by atoms with Crippen LogP contribution in [0.4, 0.5) is 13.2 Å². The Kier molecular flexibility index (Phi) is 4.78. The molecule has 1 aromatic rings. The molecule has 8 heteroatoms. The Bertz CT molecular complexity index is 663. The molecular weight excluding hydrogens is 317 g/mol. The first-order valence-electron chi connectivity index (χ1n) is 6.76. The van der Waals surface area contributed by atoms with Gasteiger partial charge in [0.05, 0.1) is 23.3 Å². The van der Waals surface area contributed by atoms with Crippen molar-refractivity contribution in [3.8, 4) is 6.07 Å². The summed E-state index contributed by atoms with van der Waals surface area (Å²) in [5.74, 6) is -1.96. The molecule has 0 bridgehead atoms. The molecule has 1 aliphatic heterocycles. The van der Waals surface area contributed by atoms with E-state index in [1.54, 1.807) is 0 Å². The first-order valence-corrected chi connectivity index (χ1v) is 8.37. The van der Waals surface area contributed by atoms with E-state index in [-0.39, 0.29) is 25.1 Å². The van der Waals surface area contributed by atoms with Crippen LogP contribution < -0.4 is 0 Å². The van der Waals surface area contributed by atoms with E-state index in [0.717, 1.165) is 4.31 Å². The average Bonchev–Trinajstić information content (AvgIpc) is 2.47. The predicted molar refractivity (Wildman–Crippen MR) is 74.1 cm³/mol. The molecule has 120 valence electrons. The number of hydrogen-bond acceptors (Lipinski definition) is 3. The summed E-state index contributed by atoms with van der Waals surface area (Å²) in [7, 11) is -3.80. The molecule has 0 aliphatic carbocycles. The van der Waals surface area contributed by atoms with E-state index in [4.69, 9.17) is 5.26 Å². The van der Waals surface area contributed by atoms with Crippen LogP contribution in [0.25, 0.3) is 0 Å². The molecule has 1 heterocycles. The third-order valence-corrected chi connectivity index (χ3v) is 5.49. The monoisotopic (exact) mass is 332 g/mol. The third-order valence-electron chi connectivity index (χ3n) is 3.67. The van der Waals surface area contributed by atoms with Gasteiger partial charge in [0.25, 0.3) is 0 Å². The molecule has 1 atom stereocenters. The molecule has 0 amide bonds. The standard InChI is InChI=1S/C14H15F3N2O2S/c15-14(16,17)13-2-1-7-19(9-13)22(20,21)10-12-5-3-11(8-18)4-6-12/h3-6,13H,1-2,7,9-10H2/t13-/m1/s1. The number of nitrogens with zero attached hydrogens (tertiary/aromatic N) is 2. The van der Waals surface area contributed by atoms with Crippen molar-refractivity contribution < 1.29 is 21.6 Å². The fraction of sp³-hybridized carbons (Fsp3) is 0.500.